The molecule has 5 heteroatoms. The van der Waals surface area contributed by atoms with E-state index in [1.807, 2.05) is 0 Å². The van der Waals surface area contributed by atoms with Crippen LogP contribution in [0.4, 0.5) is 5.69 Å². The molecular weight excluding hydrogens is 374 g/mol. The molecule has 1 aliphatic carbocycles. The summed E-state index contributed by atoms with van der Waals surface area (Å²) in [5.41, 5.74) is 4.20. The Morgan fingerprint density at radius 3 is 2.50 bits per heavy atom. The summed E-state index contributed by atoms with van der Waals surface area (Å²) in [5.74, 6) is 1.74. The molecule has 0 bridgehead atoms. The number of nitrogens with one attached hydrogen (secondary N) is 1. The van der Waals surface area contributed by atoms with Crippen LogP contribution < -0.4 is 19.7 Å². The smallest absolute Gasteiger partial charge is 0.163 e. The number of hydrogen-bond acceptors (Lipinski definition) is 5. The molecule has 3 aliphatic rings. The van der Waals surface area contributed by atoms with E-state index < -0.39 is 0 Å². The molecule has 160 valence electrons. The van der Waals surface area contributed by atoms with Crippen LogP contribution in [0.25, 0.3) is 0 Å². The summed E-state index contributed by atoms with van der Waals surface area (Å²) in [6.07, 6.45) is 5.18. The van der Waals surface area contributed by atoms with Gasteiger partial charge in [-0.15, -0.1) is 0 Å². The van der Waals surface area contributed by atoms with E-state index in [1.54, 1.807) is 7.11 Å². The molecule has 2 heterocycles. The van der Waals surface area contributed by atoms with E-state index >= 15 is 0 Å². The van der Waals surface area contributed by atoms with Gasteiger partial charge < -0.3 is 19.7 Å². The summed E-state index contributed by atoms with van der Waals surface area (Å²) in [6.45, 7) is 6.25. The number of ether oxygens (including phenoxy) is 2. The van der Waals surface area contributed by atoms with E-state index in [0.29, 0.717) is 12.1 Å². The highest BCUT2D eigenvalue weighted by Gasteiger charge is 2.26. The Morgan fingerprint density at radius 2 is 1.77 bits per heavy atom. The highest BCUT2D eigenvalue weighted by molar-refractivity contribution is 5.57. The van der Waals surface area contributed by atoms with Crippen molar-refractivity contribution in [3.63, 3.8) is 0 Å². The topological polar surface area (TPSA) is 37.0 Å². The van der Waals surface area contributed by atoms with E-state index in [0.717, 1.165) is 63.6 Å². The minimum Gasteiger partial charge on any atom is -0.493 e. The average molecular weight is 408 g/mol. The van der Waals surface area contributed by atoms with Crippen LogP contribution in [0.15, 0.2) is 42.5 Å². The number of hydrogen-bond donors (Lipinski definition) is 1. The fourth-order valence-electron chi connectivity index (χ4n) is 5.17. The molecule has 1 atom stereocenters. The Bertz CT molecular complexity index is 840. The van der Waals surface area contributed by atoms with E-state index in [-0.39, 0.29) is 0 Å². The Labute approximate surface area is 180 Å². The van der Waals surface area contributed by atoms with Gasteiger partial charge in [0, 0.05) is 57.1 Å². The maximum atomic E-state index is 6.32. The van der Waals surface area contributed by atoms with Gasteiger partial charge in [-0.05, 0) is 48.9 Å². The van der Waals surface area contributed by atoms with Crippen LogP contribution in [0.5, 0.6) is 11.5 Å². The lowest BCUT2D eigenvalue weighted by molar-refractivity contribution is 0.201. The Kier molecular flexibility index (Phi) is 5.82. The summed E-state index contributed by atoms with van der Waals surface area (Å²) in [7, 11) is 1.73. The monoisotopic (exact) mass is 407 g/mol. The zero-order valence-electron chi connectivity index (χ0n) is 18.0. The van der Waals surface area contributed by atoms with Gasteiger partial charge in [-0.2, -0.15) is 0 Å². The van der Waals surface area contributed by atoms with Gasteiger partial charge in [0.2, 0.25) is 0 Å². The van der Waals surface area contributed by atoms with E-state index in [4.69, 9.17) is 9.47 Å². The van der Waals surface area contributed by atoms with E-state index in [2.05, 4.69) is 57.6 Å². The van der Waals surface area contributed by atoms with E-state index in [1.165, 1.54) is 29.7 Å². The normalized spacial score (nSPS) is 22.3. The van der Waals surface area contributed by atoms with Gasteiger partial charge in [-0.1, -0.05) is 24.3 Å². The molecule has 2 aliphatic heterocycles. The number of piperazine rings is 1. The minimum atomic E-state index is 0.335. The molecular formula is C25H33N3O2. The van der Waals surface area contributed by atoms with Crippen LogP contribution in [0.1, 0.15) is 36.8 Å². The molecule has 1 N–H and O–H groups in total. The molecule has 0 spiro atoms. The van der Waals surface area contributed by atoms with Crippen LogP contribution in [0.2, 0.25) is 0 Å². The van der Waals surface area contributed by atoms with Crippen molar-refractivity contribution in [2.45, 2.75) is 50.9 Å². The predicted molar refractivity (Wildman–Crippen MR) is 120 cm³/mol. The molecule has 0 unspecified atom stereocenters. The van der Waals surface area contributed by atoms with Crippen molar-refractivity contribution in [1.82, 2.24) is 10.2 Å². The van der Waals surface area contributed by atoms with Crippen molar-refractivity contribution in [3.05, 3.63) is 53.6 Å². The molecule has 0 aromatic heterocycles. The van der Waals surface area contributed by atoms with Crippen molar-refractivity contribution >= 4 is 5.69 Å². The molecule has 1 saturated heterocycles. The highest BCUT2D eigenvalue weighted by Crippen LogP contribution is 2.35. The van der Waals surface area contributed by atoms with Crippen molar-refractivity contribution in [2.75, 3.05) is 38.2 Å². The predicted octanol–water partition coefficient (Wildman–Crippen LogP) is 3.81. The first kappa shape index (κ1) is 19.7. The first-order chi connectivity index (χ1) is 14.8. The highest BCUT2D eigenvalue weighted by atomic mass is 16.5. The lowest BCUT2D eigenvalue weighted by Crippen LogP contribution is -2.54. The number of fused-ring (bicyclic) bond motifs is 1. The molecule has 1 saturated carbocycles. The van der Waals surface area contributed by atoms with E-state index in [9.17, 15) is 0 Å². The molecule has 2 aromatic carbocycles. The van der Waals surface area contributed by atoms with Gasteiger partial charge >= 0.3 is 0 Å². The van der Waals surface area contributed by atoms with Crippen molar-refractivity contribution < 1.29 is 9.47 Å². The Hall–Kier alpha value is -2.24. The van der Waals surface area contributed by atoms with Crippen LogP contribution >= 0.6 is 0 Å². The zero-order chi connectivity index (χ0) is 20.3. The molecule has 0 amide bonds. The van der Waals surface area contributed by atoms with Crippen LogP contribution in [-0.4, -0.2) is 50.3 Å². The average Bonchev–Trinajstić information content (AvgIpc) is 3.43. The maximum Gasteiger partial charge on any atom is 0.163 e. The standard InChI is InChI=1S/C25H33N3O2/c1-29-24-11-10-22(14-25(24)30-23-8-4-5-9-23)28-13-12-26-21(18-28)17-27-15-19-6-2-3-7-20(19)16-27/h2-3,6-7,10-11,14,21,23,26H,4-5,8-9,12-13,15-18H2,1H3/t21-/m1/s1. The lowest BCUT2D eigenvalue weighted by atomic mass is 10.1. The van der Waals surface area contributed by atoms with Crippen LogP contribution in [-0.2, 0) is 13.1 Å². The SMILES string of the molecule is COc1ccc(N2CCN[C@H](CN3Cc4ccccc4C3)C2)cc1OC1CCCC1. The molecule has 2 aromatic rings. The fraction of sp³-hybridized carbons (Fsp3) is 0.520. The second-order valence-electron chi connectivity index (χ2n) is 8.89. The lowest BCUT2D eigenvalue weighted by Gasteiger charge is -2.37. The van der Waals surface area contributed by atoms with Crippen LogP contribution in [0, 0.1) is 0 Å². The molecule has 2 fully saturated rings. The second kappa shape index (κ2) is 8.86. The van der Waals surface area contributed by atoms with Gasteiger partial charge in [-0.3, -0.25) is 4.90 Å². The molecule has 0 radical (unpaired) electrons. The molecule has 5 rings (SSSR count). The summed E-state index contributed by atoms with van der Waals surface area (Å²) >= 11 is 0. The number of anilines is 1. The van der Waals surface area contributed by atoms with Gasteiger partial charge in [0.15, 0.2) is 11.5 Å². The Balaban J connectivity index is 1.24. The number of benzene rings is 2. The van der Waals surface area contributed by atoms with Gasteiger partial charge in [-0.25, -0.2) is 0 Å². The maximum absolute atomic E-state index is 6.32. The summed E-state index contributed by atoms with van der Waals surface area (Å²) in [4.78, 5) is 5.06. The summed E-state index contributed by atoms with van der Waals surface area (Å²) in [6, 6.07) is 15.7. The minimum absolute atomic E-state index is 0.335. The largest absolute Gasteiger partial charge is 0.493 e. The number of methoxy groups -OCH3 is 1. The van der Waals surface area contributed by atoms with Crippen molar-refractivity contribution in [2.24, 2.45) is 0 Å². The van der Waals surface area contributed by atoms with Crippen LogP contribution in [0.3, 0.4) is 0 Å². The first-order valence-corrected chi connectivity index (χ1v) is 11.4. The zero-order valence-corrected chi connectivity index (χ0v) is 18.0. The third-order valence-corrected chi connectivity index (χ3v) is 6.75. The number of nitrogens with zero attached hydrogens (tertiary/aromatic N) is 2. The first-order valence-electron chi connectivity index (χ1n) is 11.4. The van der Waals surface area contributed by atoms with Crippen molar-refractivity contribution in [3.8, 4) is 11.5 Å². The number of rotatable bonds is 6. The van der Waals surface area contributed by atoms with Crippen molar-refractivity contribution in [1.29, 1.82) is 0 Å². The third kappa shape index (κ3) is 4.28. The van der Waals surface area contributed by atoms with Gasteiger partial charge in [0.25, 0.3) is 0 Å². The molecule has 30 heavy (non-hydrogen) atoms. The third-order valence-electron chi connectivity index (χ3n) is 6.75. The van der Waals surface area contributed by atoms with Gasteiger partial charge in [0.1, 0.15) is 0 Å². The Morgan fingerprint density at radius 1 is 1.00 bits per heavy atom. The second-order valence-corrected chi connectivity index (χ2v) is 8.89. The fourth-order valence-corrected chi connectivity index (χ4v) is 5.17. The summed E-state index contributed by atoms with van der Waals surface area (Å²) in [5, 5.41) is 3.73. The quantitative estimate of drug-likeness (QED) is 0.788. The molecule has 5 nitrogen and oxygen atoms in total. The van der Waals surface area contributed by atoms with Gasteiger partial charge in [0.05, 0.1) is 13.2 Å². The summed E-state index contributed by atoms with van der Waals surface area (Å²) < 4.78 is 11.9.